The Morgan fingerprint density at radius 1 is 1.29 bits per heavy atom. The molecule has 1 amide bonds. The van der Waals surface area contributed by atoms with Gasteiger partial charge in [-0.05, 0) is 12.1 Å². The van der Waals surface area contributed by atoms with Gasteiger partial charge in [0.2, 0.25) is 0 Å². The Balaban J connectivity index is 2.64. The van der Waals surface area contributed by atoms with Crippen molar-refractivity contribution in [3.63, 3.8) is 0 Å². The van der Waals surface area contributed by atoms with Gasteiger partial charge in [-0.3, -0.25) is 4.79 Å². The van der Waals surface area contributed by atoms with Crippen molar-refractivity contribution in [3.05, 3.63) is 30.3 Å². The van der Waals surface area contributed by atoms with Crippen LogP contribution < -0.4 is 9.95 Å². The summed E-state index contributed by atoms with van der Waals surface area (Å²) in [6, 6.07) is 8.42. The number of halogens is 1. The number of benzene rings is 1. The summed E-state index contributed by atoms with van der Waals surface area (Å²) in [6.45, 7) is 0. The number of carboxylic acid groups (broad SMARTS) is 1. The van der Waals surface area contributed by atoms with Gasteiger partial charge in [-0.1, -0.05) is 18.2 Å². The number of aliphatic carboxylic acids is 1. The molecular weight excluding hydrogens is 208 g/mol. The highest BCUT2D eigenvalue weighted by molar-refractivity contribution is 6.35. The quantitative estimate of drug-likeness (QED) is 0.433. The fraction of sp³-hybridized carbons (Fsp3) is 0. The Labute approximate surface area is 85.0 Å². The Kier molecular flexibility index (Phi) is 3.30. The van der Waals surface area contributed by atoms with Gasteiger partial charge < -0.3 is 5.11 Å². The molecule has 0 heterocycles. The second-order valence-electron chi connectivity index (χ2n) is 2.36. The molecule has 14 heavy (non-hydrogen) atoms. The standard InChI is InChI=1S/C8H7ClN2O3/c9-11(10-7(12)8(13)14)6-4-2-1-3-5-6/h1-5H,(H,10,12)(H,13,14). The van der Waals surface area contributed by atoms with Gasteiger partial charge in [-0.25, -0.2) is 10.2 Å². The first-order valence-electron chi connectivity index (χ1n) is 3.66. The minimum Gasteiger partial charge on any atom is -0.474 e. The van der Waals surface area contributed by atoms with E-state index in [0.29, 0.717) is 5.69 Å². The molecule has 6 heteroatoms. The summed E-state index contributed by atoms with van der Waals surface area (Å²) in [5.41, 5.74) is 2.43. The van der Waals surface area contributed by atoms with E-state index in [4.69, 9.17) is 16.9 Å². The van der Waals surface area contributed by atoms with E-state index in [-0.39, 0.29) is 0 Å². The number of nitrogens with one attached hydrogen (secondary N) is 1. The largest absolute Gasteiger partial charge is 0.474 e. The van der Waals surface area contributed by atoms with E-state index in [1.54, 1.807) is 30.3 Å². The van der Waals surface area contributed by atoms with E-state index >= 15 is 0 Å². The lowest BCUT2D eigenvalue weighted by Gasteiger charge is -2.14. The number of hydrogen-bond acceptors (Lipinski definition) is 3. The Morgan fingerprint density at radius 3 is 2.36 bits per heavy atom. The van der Waals surface area contributed by atoms with Gasteiger partial charge in [0, 0.05) is 11.8 Å². The second-order valence-corrected chi connectivity index (χ2v) is 2.70. The average Bonchev–Trinajstić information content (AvgIpc) is 2.19. The van der Waals surface area contributed by atoms with Gasteiger partial charge >= 0.3 is 11.9 Å². The number of carbonyl (C=O) groups is 2. The van der Waals surface area contributed by atoms with Gasteiger partial charge in [-0.2, -0.15) is 4.53 Å². The molecule has 0 saturated heterocycles. The minimum absolute atomic E-state index is 0.476. The van der Waals surface area contributed by atoms with Gasteiger partial charge in [-0.15, -0.1) is 0 Å². The maximum absolute atomic E-state index is 10.7. The van der Waals surface area contributed by atoms with E-state index in [1.165, 1.54) is 0 Å². The van der Waals surface area contributed by atoms with Crippen LogP contribution in [0.25, 0.3) is 0 Å². The number of carbonyl (C=O) groups excluding carboxylic acids is 1. The first-order valence-corrected chi connectivity index (χ1v) is 4.00. The number of anilines is 1. The number of hydrazine groups is 1. The lowest BCUT2D eigenvalue weighted by Crippen LogP contribution is -2.39. The summed E-state index contributed by atoms with van der Waals surface area (Å²) in [5.74, 6) is -2.78. The molecule has 0 aliphatic heterocycles. The van der Waals surface area contributed by atoms with Crippen molar-refractivity contribution in [3.8, 4) is 0 Å². The third-order valence-electron chi connectivity index (χ3n) is 1.38. The molecular formula is C8H7ClN2O3. The summed E-state index contributed by atoms with van der Waals surface area (Å²) in [6.07, 6.45) is 0. The molecule has 0 aliphatic carbocycles. The van der Waals surface area contributed by atoms with Crippen molar-refractivity contribution >= 4 is 29.3 Å². The highest BCUT2D eigenvalue weighted by Crippen LogP contribution is 2.12. The summed E-state index contributed by atoms with van der Waals surface area (Å²) >= 11 is 5.58. The molecule has 0 fully saturated rings. The number of carboxylic acids is 1. The zero-order valence-corrected chi connectivity index (χ0v) is 7.73. The predicted octanol–water partition coefficient (Wildman–Crippen LogP) is 0.763. The molecule has 1 aromatic rings. The zero-order valence-electron chi connectivity index (χ0n) is 6.98. The topological polar surface area (TPSA) is 69.6 Å². The van der Waals surface area contributed by atoms with Crippen LogP contribution in [0.4, 0.5) is 5.69 Å². The van der Waals surface area contributed by atoms with Crippen LogP contribution in [0, 0.1) is 0 Å². The molecule has 0 spiro atoms. The highest BCUT2D eigenvalue weighted by Gasteiger charge is 2.14. The van der Waals surface area contributed by atoms with E-state index in [0.717, 1.165) is 4.53 Å². The molecule has 0 aromatic heterocycles. The summed E-state index contributed by atoms with van der Waals surface area (Å²) in [4.78, 5) is 20.9. The molecule has 1 aromatic carbocycles. The van der Waals surface area contributed by atoms with Crippen LogP contribution in [0.15, 0.2) is 30.3 Å². The third kappa shape index (κ3) is 2.63. The SMILES string of the molecule is O=C(O)C(=O)NN(Cl)c1ccccc1. The van der Waals surface area contributed by atoms with Crippen molar-refractivity contribution in [2.45, 2.75) is 0 Å². The van der Waals surface area contributed by atoms with Crippen molar-refractivity contribution < 1.29 is 14.7 Å². The van der Waals surface area contributed by atoms with Crippen molar-refractivity contribution in [2.24, 2.45) is 0 Å². The van der Waals surface area contributed by atoms with Crippen molar-refractivity contribution in [1.29, 1.82) is 0 Å². The van der Waals surface area contributed by atoms with Crippen LogP contribution in [0.5, 0.6) is 0 Å². The lowest BCUT2D eigenvalue weighted by molar-refractivity contribution is -0.150. The summed E-state index contributed by atoms with van der Waals surface area (Å²) < 4.78 is 0.816. The van der Waals surface area contributed by atoms with Crippen LogP contribution in [-0.2, 0) is 9.59 Å². The zero-order chi connectivity index (χ0) is 10.6. The molecule has 0 saturated carbocycles. The molecule has 0 atom stereocenters. The van der Waals surface area contributed by atoms with E-state index in [2.05, 4.69) is 0 Å². The number of para-hydroxylation sites is 1. The van der Waals surface area contributed by atoms with Crippen LogP contribution in [0.1, 0.15) is 0 Å². The fourth-order valence-electron chi connectivity index (χ4n) is 0.760. The maximum Gasteiger partial charge on any atom is 0.396 e. The number of hydrogen-bond donors (Lipinski definition) is 2. The van der Waals surface area contributed by atoms with Gasteiger partial charge in [0.15, 0.2) is 0 Å². The second kappa shape index (κ2) is 4.48. The molecule has 74 valence electrons. The van der Waals surface area contributed by atoms with Crippen LogP contribution in [-0.4, -0.2) is 17.0 Å². The summed E-state index contributed by atoms with van der Waals surface area (Å²) in [7, 11) is 0. The molecule has 1 rings (SSSR count). The molecule has 0 radical (unpaired) electrons. The molecule has 0 aliphatic rings. The van der Waals surface area contributed by atoms with Gasteiger partial charge in [0.25, 0.3) is 0 Å². The lowest BCUT2D eigenvalue weighted by atomic mass is 10.3. The van der Waals surface area contributed by atoms with Crippen LogP contribution in [0.3, 0.4) is 0 Å². The Hall–Kier alpha value is -1.75. The highest BCUT2D eigenvalue weighted by atomic mass is 35.5. The first-order chi connectivity index (χ1) is 6.61. The smallest absolute Gasteiger partial charge is 0.396 e. The van der Waals surface area contributed by atoms with Gasteiger partial charge in [0.1, 0.15) is 0 Å². The number of amides is 1. The van der Waals surface area contributed by atoms with E-state index < -0.39 is 11.9 Å². The molecule has 0 unspecified atom stereocenters. The Morgan fingerprint density at radius 2 is 1.86 bits per heavy atom. The normalized spacial score (nSPS) is 9.21. The molecule has 2 N–H and O–H groups in total. The third-order valence-corrected chi connectivity index (χ3v) is 1.66. The van der Waals surface area contributed by atoms with Crippen LogP contribution >= 0.6 is 11.8 Å². The number of rotatable bonds is 2. The van der Waals surface area contributed by atoms with E-state index in [1.807, 2.05) is 5.43 Å². The average molecular weight is 215 g/mol. The Bertz CT molecular complexity index is 342. The maximum atomic E-state index is 10.7. The fourth-order valence-corrected chi connectivity index (χ4v) is 0.950. The van der Waals surface area contributed by atoms with E-state index in [9.17, 15) is 9.59 Å². The van der Waals surface area contributed by atoms with Crippen molar-refractivity contribution in [1.82, 2.24) is 5.43 Å². The van der Waals surface area contributed by atoms with Crippen LogP contribution in [0.2, 0.25) is 0 Å². The first kappa shape index (κ1) is 10.3. The minimum atomic E-state index is -1.59. The summed E-state index contributed by atoms with van der Waals surface area (Å²) in [5, 5.41) is 8.28. The molecule has 5 nitrogen and oxygen atoms in total. The predicted molar refractivity (Wildman–Crippen MR) is 50.6 cm³/mol. The monoisotopic (exact) mass is 214 g/mol. The van der Waals surface area contributed by atoms with Crippen molar-refractivity contribution in [2.75, 3.05) is 4.53 Å². The molecule has 0 bridgehead atoms. The number of nitrogens with zero attached hydrogens (tertiary/aromatic N) is 1. The van der Waals surface area contributed by atoms with Gasteiger partial charge in [0.05, 0.1) is 5.69 Å².